The van der Waals surface area contributed by atoms with E-state index in [0.717, 1.165) is 29.8 Å². The van der Waals surface area contributed by atoms with Gasteiger partial charge in [0.25, 0.3) is 11.5 Å². The Morgan fingerprint density at radius 3 is 2.83 bits per heavy atom. The van der Waals surface area contributed by atoms with Gasteiger partial charge in [0.15, 0.2) is 12.1 Å². The maximum atomic E-state index is 13.2. The fourth-order valence-corrected chi connectivity index (χ4v) is 4.80. The number of likely N-dealkylation sites (tertiary alicyclic amines) is 1. The topological polar surface area (TPSA) is 84.7 Å². The van der Waals surface area contributed by atoms with Gasteiger partial charge in [0.2, 0.25) is 0 Å². The molecule has 8 nitrogen and oxygen atoms in total. The number of furan rings is 1. The Morgan fingerprint density at radius 1 is 1.17 bits per heavy atom. The molecular weight excluding hydrogens is 384 g/mol. The third-order valence-corrected chi connectivity index (χ3v) is 6.09. The van der Waals surface area contributed by atoms with E-state index < -0.39 is 0 Å². The van der Waals surface area contributed by atoms with Gasteiger partial charge in [-0.25, -0.2) is 4.98 Å². The van der Waals surface area contributed by atoms with Crippen LogP contribution in [0.25, 0.3) is 0 Å². The summed E-state index contributed by atoms with van der Waals surface area (Å²) in [6, 6.07) is 5.94. The SMILES string of the molecule is CN(Cc1ccoc1)Cc1ccc2n(c1=O)C[C@H]1C[C@@H]2CN(C(=O)c2cocn2)C1. The van der Waals surface area contributed by atoms with Gasteiger partial charge < -0.3 is 18.3 Å². The summed E-state index contributed by atoms with van der Waals surface area (Å²) in [5, 5.41) is 0. The van der Waals surface area contributed by atoms with Crippen LogP contribution in [0.2, 0.25) is 0 Å². The molecule has 2 bridgehead atoms. The summed E-state index contributed by atoms with van der Waals surface area (Å²) in [6.07, 6.45) is 7.05. The number of fused-ring (bicyclic) bond motifs is 4. The molecule has 0 unspecified atom stereocenters. The van der Waals surface area contributed by atoms with Gasteiger partial charge in [0.1, 0.15) is 6.26 Å². The normalized spacial score (nSPS) is 20.4. The molecule has 0 spiro atoms. The maximum Gasteiger partial charge on any atom is 0.275 e. The first-order chi connectivity index (χ1) is 14.6. The fraction of sp³-hybridized carbons (Fsp3) is 0.409. The molecule has 0 aliphatic carbocycles. The summed E-state index contributed by atoms with van der Waals surface area (Å²) < 4.78 is 12.0. The van der Waals surface area contributed by atoms with Gasteiger partial charge in [0, 0.05) is 55.5 Å². The minimum absolute atomic E-state index is 0.0810. The van der Waals surface area contributed by atoms with Crippen LogP contribution in [-0.4, -0.2) is 45.4 Å². The monoisotopic (exact) mass is 408 g/mol. The van der Waals surface area contributed by atoms with Gasteiger partial charge in [-0.1, -0.05) is 6.07 Å². The van der Waals surface area contributed by atoms with Crippen molar-refractivity contribution >= 4 is 5.91 Å². The van der Waals surface area contributed by atoms with Crippen LogP contribution in [0, 0.1) is 5.92 Å². The van der Waals surface area contributed by atoms with Crippen LogP contribution in [0.3, 0.4) is 0 Å². The molecule has 1 fully saturated rings. The lowest BCUT2D eigenvalue weighted by molar-refractivity contribution is 0.0588. The van der Waals surface area contributed by atoms with E-state index in [1.165, 1.54) is 12.7 Å². The molecule has 156 valence electrons. The lowest BCUT2D eigenvalue weighted by Crippen LogP contribution is -2.49. The highest BCUT2D eigenvalue weighted by atomic mass is 16.3. The number of pyridine rings is 1. The Kier molecular flexibility index (Phi) is 4.78. The molecule has 0 saturated carbocycles. The molecule has 1 amide bonds. The Labute approximate surface area is 173 Å². The third-order valence-electron chi connectivity index (χ3n) is 6.09. The van der Waals surface area contributed by atoms with E-state index in [0.29, 0.717) is 31.9 Å². The van der Waals surface area contributed by atoms with Crippen molar-refractivity contribution in [1.82, 2.24) is 19.4 Å². The van der Waals surface area contributed by atoms with Crippen molar-refractivity contribution in [3.63, 3.8) is 0 Å². The van der Waals surface area contributed by atoms with Crippen molar-refractivity contribution in [2.24, 2.45) is 5.92 Å². The Bertz CT molecular complexity index is 1090. The Morgan fingerprint density at radius 2 is 2.07 bits per heavy atom. The van der Waals surface area contributed by atoms with E-state index in [1.807, 2.05) is 28.6 Å². The van der Waals surface area contributed by atoms with Crippen molar-refractivity contribution in [3.8, 4) is 0 Å². The zero-order valence-corrected chi connectivity index (χ0v) is 16.9. The van der Waals surface area contributed by atoms with Gasteiger partial charge in [-0.3, -0.25) is 14.5 Å². The molecule has 0 radical (unpaired) electrons. The smallest absolute Gasteiger partial charge is 0.275 e. The van der Waals surface area contributed by atoms with Gasteiger partial charge in [-0.05, 0) is 31.5 Å². The predicted octanol–water partition coefficient (Wildman–Crippen LogP) is 2.32. The van der Waals surface area contributed by atoms with Crippen molar-refractivity contribution in [2.75, 3.05) is 20.1 Å². The van der Waals surface area contributed by atoms with Crippen molar-refractivity contribution in [3.05, 3.63) is 76.3 Å². The molecule has 1 saturated heterocycles. The molecule has 3 aromatic rings. The average molecular weight is 408 g/mol. The van der Waals surface area contributed by atoms with Crippen LogP contribution in [0.1, 0.15) is 39.6 Å². The van der Waals surface area contributed by atoms with Crippen LogP contribution >= 0.6 is 0 Å². The zero-order valence-electron chi connectivity index (χ0n) is 16.9. The number of hydrogen-bond acceptors (Lipinski definition) is 6. The minimum Gasteiger partial charge on any atom is -0.472 e. The Balaban J connectivity index is 1.34. The predicted molar refractivity (Wildman–Crippen MR) is 108 cm³/mol. The molecule has 5 heterocycles. The second-order valence-electron chi connectivity index (χ2n) is 8.39. The summed E-state index contributed by atoms with van der Waals surface area (Å²) in [4.78, 5) is 33.8. The van der Waals surface area contributed by atoms with E-state index in [2.05, 4.69) is 16.0 Å². The summed E-state index contributed by atoms with van der Waals surface area (Å²) in [7, 11) is 2.00. The lowest BCUT2D eigenvalue weighted by atomic mass is 9.83. The number of aromatic nitrogens is 2. The molecule has 30 heavy (non-hydrogen) atoms. The molecule has 2 aliphatic heterocycles. The number of carbonyl (C=O) groups is 1. The maximum absolute atomic E-state index is 13.2. The highest BCUT2D eigenvalue weighted by Crippen LogP contribution is 2.35. The van der Waals surface area contributed by atoms with Crippen LogP contribution in [0.15, 0.2) is 57.0 Å². The zero-order chi connectivity index (χ0) is 20.7. The summed E-state index contributed by atoms with van der Waals surface area (Å²) >= 11 is 0. The van der Waals surface area contributed by atoms with Crippen LogP contribution in [0.5, 0.6) is 0 Å². The van der Waals surface area contributed by atoms with Crippen LogP contribution < -0.4 is 5.56 Å². The van der Waals surface area contributed by atoms with Gasteiger partial charge in [-0.15, -0.1) is 0 Å². The highest BCUT2D eigenvalue weighted by Gasteiger charge is 2.37. The highest BCUT2D eigenvalue weighted by molar-refractivity contribution is 5.92. The third kappa shape index (κ3) is 3.47. The number of carbonyl (C=O) groups excluding carboxylic acids is 1. The summed E-state index contributed by atoms with van der Waals surface area (Å²) in [5.41, 5.74) is 3.32. The molecule has 8 heteroatoms. The van der Waals surface area contributed by atoms with Gasteiger partial charge in [0.05, 0.1) is 12.5 Å². The average Bonchev–Trinajstić information content (AvgIpc) is 3.44. The summed E-state index contributed by atoms with van der Waals surface area (Å²) in [6.45, 7) is 3.19. The number of piperidine rings is 1. The number of nitrogens with zero attached hydrogens (tertiary/aromatic N) is 4. The number of amides is 1. The van der Waals surface area contributed by atoms with E-state index in [1.54, 1.807) is 12.5 Å². The van der Waals surface area contributed by atoms with Crippen LogP contribution in [-0.2, 0) is 19.6 Å². The van der Waals surface area contributed by atoms with Crippen molar-refractivity contribution in [2.45, 2.75) is 32.0 Å². The quantitative estimate of drug-likeness (QED) is 0.644. The first kappa shape index (κ1) is 18.9. The fourth-order valence-electron chi connectivity index (χ4n) is 4.80. The molecule has 3 aromatic heterocycles. The number of hydrogen-bond donors (Lipinski definition) is 0. The Hall–Kier alpha value is -3.13. The van der Waals surface area contributed by atoms with Gasteiger partial charge in [-0.2, -0.15) is 0 Å². The molecule has 0 N–H and O–H groups in total. The molecule has 0 aromatic carbocycles. The standard InChI is InChI=1S/C22H24N4O4/c1-24(7-15-4-5-29-12-15)10-17-2-3-20-18-6-16(9-26(20)21(17)27)8-25(11-18)22(28)19-13-30-14-23-19/h2-5,12-14,16,18H,6-11H2,1H3/t16-,18+/m0/s1. The molecule has 5 rings (SSSR count). The first-order valence-corrected chi connectivity index (χ1v) is 10.2. The minimum atomic E-state index is -0.105. The first-order valence-electron chi connectivity index (χ1n) is 10.2. The van der Waals surface area contributed by atoms with Crippen molar-refractivity contribution in [1.29, 1.82) is 0 Å². The van der Waals surface area contributed by atoms with E-state index in [4.69, 9.17) is 8.83 Å². The second kappa shape index (κ2) is 7.60. The molecule has 2 aliphatic rings. The van der Waals surface area contributed by atoms with Crippen molar-refractivity contribution < 1.29 is 13.6 Å². The van der Waals surface area contributed by atoms with Crippen LogP contribution in [0.4, 0.5) is 0 Å². The number of rotatable bonds is 5. The second-order valence-corrected chi connectivity index (χ2v) is 8.39. The van der Waals surface area contributed by atoms with E-state index >= 15 is 0 Å². The lowest BCUT2D eigenvalue weighted by Gasteiger charge is -2.42. The number of oxazole rings is 1. The van der Waals surface area contributed by atoms with Gasteiger partial charge >= 0.3 is 0 Å². The van der Waals surface area contributed by atoms with E-state index in [-0.39, 0.29) is 23.3 Å². The summed E-state index contributed by atoms with van der Waals surface area (Å²) in [5.74, 6) is 0.328. The molecular formula is C22H24N4O4. The van der Waals surface area contributed by atoms with E-state index in [9.17, 15) is 9.59 Å². The largest absolute Gasteiger partial charge is 0.472 e. The molecule has 2 atom stereocenters.